The summed E-state index contributed by atoms with van der Waals surface area (Å²) in [6.45, 7) is 4.55. The molecular weight excluding hydrogens is 320 g/mol. The van der Waals surface area contributed by atoms with Gasteiger partial charge in [0.2, 0.25) is 5.91 Å². The first-order valence-corrected chi connectivity index (χ1v) is 7.74. The van der Waals surface area contributed by atoms with Crippen LogP contribution in [0.2, 0.25) is 0 Å². The second-order valence-corrected chi connectivity index (χ2v) is 5.71. The minimum Gasteiger partial charge on any atom is -0.341 e. The van der Waals surface area contributed by atoms with Crippen LogP contribution in [-0.2, 0) is 4.79 Å². The maximum absolute atomic E-state index is 12.5. The number of amides is 2. The molecule has 0 N–H and O–H groups in total. The molecule has 0 aliphatic carbocycles. The average molecular weight is 339 g/mol. The van der Waals surface area contributed by atoms with E-state index in [1.54, 1.807) is 0 Å². The molecule has 20 heavy (non-hydrogen) atoms. The molecule has 0 unspecified atom stereocenters. The number of hydrogen-bond acceptors (Lipinski definition) is 2. The van der Waals surface area contributed by atoms with Gasteiger partial charge in [-0.15, -0.1) is 0 Å². The van der Waals surface area contributed by atoms with Crippen LogP contribution < -0.4 is 0 Å². The Balaban J connectivity index is 2.05. The van der Waals surface area contributed by atoms with Gasteiger partial charge in [-0.05, 0) is 34.5 Å². The van der Waals surface area contributed by atoms with Gasteiger partial charge in [-0.3, -0.25) is 9.59 Å². The van der Waals surface area contributed by atoms with E-state index in [1.165, 1.54) is 0 Å². The van der Waals surface area contributed by atoms with E-state index >= 15 is 0 Å². The highest BCUT2D eigenvalue weighted by atomic mass is 79.9. The Labute approximate surface area is 127 Å². The number of rotatable bonds is 2. The van der Waals surface area contributed by atoms with Gasteiger partial charge in [0.1, 0.15) is 0 Å². The van der Waals surface area contributed by atoms with E-state index < -0.39 is 0 Å². The molecule has 0 bridgehead atoms. The molecule has 0 atom stereocenters. The molecule has 1 saturated heterocycles. The number of benzene rings is 1. The van der Waals surface area contributed by atoms with Crippen molar-refractivity contribution in [2.75, 3.05) is 26.2 Å². The highest BCUT2D eigenvalue weighted by Crippen LogP contribution is 2.18. The fourth-order valence-electron chi connectivity index (χ4n) is 2.40. The summed E-state index contributed by atoms with van der Waals surface area (Å²) in [5.41, 5.74) is 0.683. The predicted octanol–water partition coefficient (Wildman–Crippen LogP) is 2.53. The average Bonchev–Trinajstić information content (AvgIpc) is 2.72. The first-order chi connectivity index (χ1) is 9.63. The number of carbonyl (C=O) groups is 2. The van der Waals surface area contributed by atoms with Gasteiger partial charge >= 0.3 is 0 Å². The van der Waals surface area contributed by atoms with Crippen LogP contribution in [0, 0.1) is 0 Å². The van der Waals surface area contributed by atoms with Gasteiger partial charge in [-0.2, -0.15) is 0 Å². The molecule has 1 aromatic rings. The normalized spacial score (nSPS) is 15.9. The van der Waals surface area contributed by atoms with Crippen molar-refractivity contribution in [3.8, 4) is 0 Å². The van der Waals surface area contributed by atoms with Crippen LogP contribution in [0.15, 0.2) is 28.7 Å². The molecule has 1 heterocycles. The fraction of sp³-hybridized carbons (Fsp3) is 0.467. The van der Waals surface area contributed by atoms with E-state index in [0.29, 0.717) is 31.6 Å². The zero-order valence-electron chi connectivity index (χ0n) is 11.6. The second-order valence-electron chi connectivity index (χ2n) is 4.86. The summed E-state index contributed by atoms with van der Waals surface area (Å²) >= 11 is 3.42. The molecule has 0 spiro atoms. The van der Waals surface area contributed by atoms with Gasteiger partial charge in [0.25, 0.3) is 5.91 Å². The minimum absolute atomic E-state index is 0.0308. The van der Waals surface area contributed by atoms with Crippen LogP contribution >= 0.6 is 15.9 Å². The van der Waals surface area contributed by atoms with Crippen LogP contribution in [0.25, 0.3) is 0 Å². The van der Waals surface area contributed by atoms with Crippen LogP contribution in [0.5, 0.6) is 0 Å². The fourth-order valence-corrected chi connectivity index (χ4v) is 2.85. The molecule has 1 aliphatic rings. The van der Waals surface area contributed by atoms with Crippen molar-refractivity contribution in [3.05, 3.63) is 34.3 Å². The van der Waals surface area contributed by atoms with E-state index in [0.717, 1.165) is 17.4 Å². The van der Waals surface area contributed by atoms with Gasteiger partial charge in [0, 0.05) is 37.1 Å². The van der Waals surface area contributed by atoms with E-state index in [9.17, 15) is 9.59 Å². The van der Waals surface area contributed by atoms with Crippen LogP contribution in [0.1, 0.15) is 30.1 Å². The molecule has 2 amide bonds. The lowest BCUT2D eigenvalue weighted by Crippen LogP contribution is -2.37. The topological polar surface area (TPSA) is 40.6 Å². The van der Waals surface area contributed by atoms with Crippen LogP contribution in [0.3, 0.4) is 0 Å². The summed E-state index contributed by atoms with van der Waals surface area (Å²) in [6, 6.07) is 7.46. The molecular formula is C15H19BrN2O2. The van der Waals surface area contributed by atoms with Crippen molar-refractivity contribution < 1.29 is 9.59 Å². The summed E-state index contributed by atoms with van der Waals surface area (Å²) in [5, 5.41) is 0. The van der Waals surface area contributed by atoms with Crippen molar-refractivity contribution in [2.45, 2.75) is 19.8 Å². The summed E-state index contributed by atoms with van der Waals surface area (Å²) < 4.78 is 0.815. The highest BCUT2D eigenvalue weighted by Gasteiger charge is 2.22. The van der Waals surface area contributed by atoms with Crippen molar-refractivity contribution in [1.82, 2.24) is 9.80 Å². The first-order valence-electron chi connectivity index (χ1n) is 6.95. The van der Waals surface area contributed by atoms with Gasteiger partial charge in [-0.25, -0.2) is 0 Å². The molecule has 1 aliphatic heterocycles. The number of hydrogen-bond donors (Lipinski definition) is 0. The summed E-state index contributed by atoms with van der Waals surface area (Å²) in [7, 11) is 0. The Bertz CT molecular complexity index is 504. The maximum Gasteiger partial charge on any atom is 0.255 e. The summed E-state index contributed by atoms with van der Waals surface area (Å²) in [6.07, 6.45) is 1.36. The smallest absolute Gasteiger partial charge is 0.255 e. The standard InChI is InChI=1S/C15H19BrN2O2/c1-2-14(19)17-8-5-9-18(11-10-17)15(20)12-6-3-4-7-13(12)16/h3-4,6-7H,2,5,8-11H2,1H3. The van der Waals surface area contributed by atoms with E-state index in [1.807, 2.05) is 41.0 Å². The zero-order chi connectivity index (χ0) is 14.5. The Morgan fingerprint density at radius 2 is 1.75 bits per heavy atom. The predicted molar refractivity (Wildman–Crippen MR) is 81.5 cm³/mol. The van der Waals surface area contributed by atoms with Crippen molar-refractivity contribution in [1.29, 1.82) is 0 Å². The maximum atomic E-state index is 12.5. The SMILES string of the molecule is CCC(=O)N1CCCN(C(=O)c2ccccc2Br)CC1. The third-order valence-corrected chi connectivity index (χ3v) is 4.23. The van der Waals surface area contributed by atoms with Crippen LogP contribution in [-0.4, -0.2) is 47.8 Å². The van der Waals surface area contributed by atoms with Gasteiger partial charge in [-0.1, -0.05) is 19.1 Å². The van der Waals surface area contributed by atoms with Crippen molar-refractivity contribution in [2.24, 2.45) is 0 Å². The van der Waals surface area contributed by atoms with Crippen molar-refractivity contribution >= 4 is 27.7 Å². The Hall–Kier alpha value is -1.36. The quantitative estimate of drug-likeness (QED) is 0.831. The summed E-state index contributed by atoms with van der Waals surface area (Å²) in [5.74, 6) is 0.198. The van der Waals surface area contributed by atoms with E-state index in [4.69, 9.17) is 0 Å². The molecule has 0 aromatic heterocycles. The molecule has 0 radical (unpaired) electrons. The minimum atomic E-state index is 0.0308. The highest BCUT2D eigenvalue weighted by molar-refractivity contribution is 9.10. The third-order valence-electron chi connectivity index (χ3n) is 3.54. The van der Waals surface area contributed by atoms with E-state index in [-0.39, 0.29) is 11.8 Å². The zero-order valence-corrected chi connectivity index (χ0v) is 13.2. The summed E-state index contributed by atoms with van der Waals surface area (Å²) in [4.78, 5) is 27.9. The Morgan fingerprint density at radius 3 is 2.45 bits per heavy atom. The first kappa shape index (κ1) is 15.0. The Kier molecular flexibility index (Phi) is 5.17. The van der Waals surface area contributed by atoms with Gasteiger partial charge in [0.15, 0.2) is 0 Å². The molecule has 5 heteroatoms. The molecule has 108 valence electrons. The van der Waals surface area contributed by atoms with Crippen molar-refractivity contribution in [3.63, 3.8) is 0 Å². The molecule has 1 aromatic carbocycles. The molecule has 2 rings (SSSR count). The van der Waals surface area contributed by atoms with Gasteiger partial charge < -0.3 is 9.80 Å². The number of nitrogens with zero attached hydrogens (tertiary/aromatic N) is 2. The monoisotopic (exact) mass is 338 g/mol. The van der Waals surface area contributed by atoms with Gasteiger partial charge in [0.05, 0.1) is 5.56 Å². The lowest BCUT2D eigenvalue weighted by molar-refractivity contribution is -0.130. The molecule has 0 saturated carbocycles. The molecule has 4 nitrogen and oxygen atoms in total. The van der Waals surface area contributed by atoms with E-state index in [2.05, 4.69) is 15.9 Å². The lowest BCUT2D eigenvalue weighted by atomic mass is 10.2. The third kappa shape index (κ3) is 3.39. The van der Waals surface area contributed by atoms with Crippen LogP contribution in [0.4, 0.5) is 0 Å². The lowest BCUT2D eigenvalue weighted by Gasteiger charge is -2.22. The molecule has 1 fully saturated rings. The Morgan fingerprint density at radius 1 is 1.10 bits per heavy atom. The largest absolute Gasteiger partial charge is 0.341 e. The number of carbonyl (C=O) groups excluding carboxylic acids is 2. The number of halogens is 1. The second kappa shape index (κ2) is 6.88.